The van der Waals surface area contributed by atoms with E-state index in [9.17, 15) is 9.59 Å². The van der Waals surface area contributed by atoms with Crippen LogP contribution >= 0.6 is 0 Å². The summed E-state index contributed by atoms with van der Waals surface area (Å²) in [5, 5.41) is 9.43. The number of nitrogens with zero attached hydrogens (tertiary/aromatic N) is 1. The first-order chi connectivity index (χ1) is 12.7. The van der Waals surface area contributed by atoms with Gasteiger partial charge >= 0.3 is 0 Å². The second-order valence-corrected chi connectivity index (χ2v) is 5.70. The molecule has 26 heavy (non-hydrogen) atoms. The molecule has 3 aromatic rings. The van der Waals surface area contributed by atoms with Gasteiger partial charge in [0, 0.05) is 30.3 Å². The van der Waals surface area contributed by atoms with E-state index in [1.165, 1.54) is 0 Å². The zero-order valence-corrected chi connectivity index (χ0v) is 14.1. The molecule has 0 bridgehead atoms. The quantitative estimate of drug-likeness (QED) is 0.642. The molecule has 0 fully saturated rings. The summed E-state index contributed by atoms with van der Waals surface area (Å²) < 4.78 is 5.27. The van der Waals surface area contributed by atoms with Gasteiger partial charge in [0.25, 0.3) is 5.91 Å². The van der Waals surface area contributed by atoms with Crippen molar-refractivity contribution in [2.45, 2.75) is 6.42 Å². The number of rotatable bonds is 7. The average molecular weight is 349 g/mol. The van der Waals surface area contributed by atoms with Gasteiger partial charge in [0.15, 0.2) is 5.76 Å². The number of carbonyl (C=O) groups is 2. The maximum atomic E-state index is 12.0. The molecule has 3 rings (SSSR count). The van der Waals surface area contributed by atoms with E-state index >= 15 is 0 Å². The van der Waals surface area contributed by atoms with Gasteiger partial charge in [-0.2, -0.15) is 0 Å². The third-order valence-corrected chi connectivity index (χ3v) is 3.73. The van der Waals surface area contributed by atoms with Crippen molar-refractivity contribution in [3.8, 4) is 11.3 Å². The second kappa shape index (κ2) is 8.62. The van der Waals surface area contributed by atoms with Crippen LogP contribution in [0.3, 0.4) is 0 Å². The number of carbonyl (C=O) groups excluding carboxylic acids is 2. The Morgan fingerprint density at radius 3 is 2.27 bits per heavy atom. The SMILES string of the molecule is O=C(Cc1cc(-c2ccccc2)on1)NCCNC(=O)c1ccccc1. The zero-order chi connectivity index (χ0) is 18.2. The van der Waals surface area contributed by atoms with E-state index < -0.39 is 0 Å². The smallest absolute Gasteiger partial charge is 0.251 e. The fraction of sp³-hybridized carbons (Fsp3) is 0.150. The molecule has 132 valence electrons. The summed E-state index contributed by atoms with van der Waals surface area (Å²) in [5.41, 5.74) is 2.07. The Morgan fingerprint density at radius 1 is 0.885 bits per heavy atom. The van der Waals surface area contributed by atoms with Crippen LogP contribution in [0, 0.1) is 0 Å². The van der Waals surface area contributed by atoms with Crippen LogP contribution in [0.4, 0.5) is 0 Å². The minimum absolute atomic E-state index is 0.128. The van der Waals surface area contributed by atoms with Crippen LogP contribution in [0.2, 0.25) is 0 Å². The highest BCUT2D eigenvalue weighted by Crippen LogP contribution is 2.19. The molecule has 0 aliphatic rings. The Kier molecular flexibility index (Phi) is 5.77. The predicted molar refractivity (Wildman–Crippen MR) is 97.4 cm³/mol. The van der Waals surface area contributed by atoms with Crippen molar-refractivity contribution in [3.05, 3.63) is 78.0 Å². The summed E-state index contributed by atoms with van der Waals surface area (Å²) >= 11 is 0. The Morgan fingerprint density at radius 2 is 1.54 bits per heavy atom. The molecule has 0 aliphatic carbocycles. The van der Waals surface area contributed by atoms with E-state index in [0.717, 1.165) is 5.56 Å². The minimum Gasteiger partial charge on any atom is -0.356 e. The number of aromatic nitrogens is 1. The van der Waals surface area contributed by atoms with Crippen molar-refractivity contribution in [2.24, 2.45) is 0 Å². The average Bonchev–Trinajstić information content (AvgIpc) is 3.15. The summed E-state index contributed by atoms with van der Waals surface area (Å²) in [6.45, 7) is 0.703. The molecule has 1 heterocycles. The molecule has 2 N–H and O–H groups in total. The number of benzene rings is 2. The van der Waals surface area contributed by atoms with E-state index in [0.29, 0.717) is 30.1 Å². The van der Waals surface area contributed by atoms with Gasteiger partial charge in [0.2, 0.25) is 5.91 Å². The van der Waals surface area contributed by atoms with Gasteiger partial charge in [-0.05, 0) is 12.1 Å². The number of amides is 2. The van der Waals surface area contributed by atoms with E-state index in [2.05, 4.69) is 15.8 Å². The Labute approximate surface area is 151 Å². The minimum atomic E-state index is -0.174. The van der Waals surface area contributed by atoms with Crippen LogP contribution in [0.5, 0.6) is 0 Å². The Balaban J connectivity index is 1.41. The predicted octanol–water partition coefficient (Wildman–Crippen LogP) is 2.43. The monoisotopic (exact) mass is 349 g/mol. The molecule has 0 saturated heterocycles. The topological polar surface area (TPSA) is 84.2 Å². The summed E-state index contributed by atoms with van der Waals surface area (Å²) in [7, 11) is 0. The molecule has 0 spiro atoms. The van der Waals surface area contributed by atoms with Gasteiger partial charge in [0.1, 0.15) is 0 Å². The van der Waals surface area contributed by atoms with Crippen LogP contribution < -0.4 is 10.6 Å². The van der Waals surface area contributed by atoms with Gasteiger partial charge in [-0.1, -0.05) is 53.7 Å². The van der Waals surface area contributed by atoms with Crippen molar-refractivity contribution >= 4 is 11.8 Å². The number of hydrogen-bond acceptors (Lipinski definition) is 4. The summed E-state index contributed by atoms with van der Waals surface area (Å²) in [5.74, 6) is 0.291. The molecule has 0 aliphatic heterocycles. The van der Waals surface area contributed by atoms with Crippen LogP contribution in [0.25, 0.3) is 11.3 Å². The van der Waals surface area contributed by atoms with Gasteiger partial charge in [-0.3, -0.25) is 9.59 Å². The Hall–Kier alpha value is -3.41. The third kappa shape index (κ3) is 4.80. The molecule has 6 nitrogen and oxygen atoms in total. The lowest BCUT2D eigenvalue weighted by Crippen LogP contribution is -2.35. The lowest BCUT2D eigenvalue weighted by atomic mass is 10.1. The summed E-state index contributed by atoms with van der Waals surface area (Å²) in [6.07, 6.45) is 0.128. The summed E-state index contributed by atoms with van der Waals surface area (Å²) in [4.78, 5) is 23.8. The van der Waals surface area contributed by atoms with Crippen molar-refractivity contribution in [1.29, 1.82) is 0 Å². The highest BCUT2D eigenvalue weighted by Gasteiger charge is 2.10. The fourth-order valence-electron chi connectivity index (χ4n) is 2.43. The van der Waals surface area contributed by atoms with Gasteiger partial charge in [-0.25, -0.2) is 0 Å². The van der Waals surface area contributed by atoms with Crippen molar-refractivity contribution < 1.29 is 14.1 Å². The molecule has 0 atom stereocenters. The lowest BCUT2D eigenvalue weighted by molar-refractivity contribution is -0.120. The van der Waals surface area contributed by atoms with Crippen molar-refractivity contribution in [2.75, 3.05) is 13.1 Å². The number of hydrogen-bond donors (Lipinski definition) is 2. The van der Waals surface area contributed by atoms with Crippen molar-refractivity contribution in [1.82, 2.24) is 15.8 Å². The standard InChI is InChI=1S/C20H19N3O3/c24-19(21-11-12-22-20(25)16-9-5-2-6-10-16)14-17-13-18(26-23-17)15-7-3-1-4-8-15/h1-10,13H,11-12,14H2,(H,21,24)(H,22,25). The maximum absolute atomic E-state index is 12.0. The lowest BCUT2D eigenvalue weighted by Gasteiger charge is -2.06. The van der Waals surface area contributed by atoms with Gasteiger partial charge in [-0.15, -0.1) is 0 Å². The molecular weight excluding hydrogens is 330 g/mol. The molecule has 0 radical (unpaired) electrons. The summed E-state index contributed by atoms with van der Waals surface area (Å²) in [6, 6.07) is 20.3. The van der Waals surface area contributed by atoms with Crippen LogP contribution in [0.1, 0.15) is 16.1 Å². The maximum Gasteiger partial charge on any atom is 0.251 e. The first-order valence-electron chi connectivity index (χ1n) is 8.33. The van der Waals surface area contributed by atoms with Gasteiger partial charge < -0.3 is 15.2 Å². The normalized spacial score (nSPS) is 10.3. The highest BCUT2D eigenvalue weighted by molar-refractivity contribution is 5.94. The third-order valence-electron chi connectivity index (χ3n) is 3.73. The molecular formula is C20H19N3O3. The number of nitrogens with one attached hydrogen (secondary N) is 2. The Bertz CT molecular complexity index is 860. The first kappa shape index (κ1) is 17.4. The fourth-order valence-corrected chi connectivity index (χ4v) is 2.43. The van der Waals surface area contributed by atoms with E-state index in [1.54, 1.807) is 30.3 Å². The molecule has 0 saturated carbocycles. The van der Waals surface area contributed by atoms with Gasteiger partial charge in [0.05, 0.1) is 12.1 Å². The van der Waals surface area contributed by atoms with Crippen LogP contribution in [0.15, 0.2) is 71.3 Å². The molecule has 2 aromatic carbocycles. The zero-order valence-electron chi connectivity index (χ0n) is 14.1. The molecule has 1 aromatic heterocycles. The van der Waals surface area contributed by atoms with E-state index in [4.69, 9.17) is 4.52 Å². The van der Waals surface area contributed by atoms with E-state index in [1.807, 2.05) is 36.4 Å². The molecule has 6 heteroatoms. The van der Waals surface area contributed by atoms with E-state index in [-0.39, 0.29) is 18.2 Å². The molecule has 2 amide bonds. The van der Waals surface area contributed by atoms with Crippen LogP contribution in [-0.2, 0) is 11.2 Å². The first-order valence-corrected chi connectivity index (χ1v) is 8.33. The van der Waals surface area contributed by atoms with Crippen LogP contribution in [-0.4, -0.2) is 30.1 Å². The van der Waals surface area contributed by atoms with Crippen molar-refractivity contribution in [3.63, 3.8) is 0 Å². The molecule has 0 unspecified atom stereocenters. The highest BCUT2D eigenvalue weighted by atomic mass is 16.5. The second-order valence-electron chi connectivity index (χ2n) is 5.70. The largest absolute Gasteiger partial charge is 0.356 e.